The van der Waals surface area contributed by atoms with Crippen molar-refractivity contribution >= 4 is 10.4 Å². The lowest BCUT2D eigenvalue weighted by molar-refractivity contribution is 0.238. The molecular formula is C14H33NO4S. The summed E-state index contributed by atoms with van der Waals surface area (Å²) in [7, 11) is 3.38. The normalized spacial score (nSPS) is 11.3. The van der Waals surface area contributed by atoms with Crippen molar-refractivity contribution in [3.8, 4) is 0 Å². The lowest BCUT2D eigenvalue weighted by Gasteiger charge is -2.03. The third kappa shape index (κ3) is 23.0. The summed E-state index contributed by atoms with van der Waals surface area (Å²) in [6.07, 6.45) is 9.35. The molecule has 0 aromatic rings. The fourth-order valence-corrected chi connectivity index (χ4v) is 1.86. The predicted molar refractivity (Wildman–Crippen MR) is 84.1 cm³/mol. The van der Waals surface area contributed by atoms with Gasteiger partial charge in [0.2, 0.25) is 0 Å². The average Bonchev–Trinajstić information content (AvgIpc) is 2.36. The lowest BCUT2D eigenvalue weighted by Crippen LogP contribution is -2.08. The molecule has 0 aromatic carbocycles. The van der Waals surface area contributed by atoms with Gasteiger partial charge in [0.05, 0.1) is 13.7 Å². The number of unbranched alkanes of at least 4 members (excludes halogenated alkanes) is 7. The Kier molecular flexibility index (Phi) is 16.8. The highest BCUT2D eigenvalue weighted by atomic mass is 32.3. The van der Waals surface area contributed by atoms with E-state index in [4.69, 9.17) is 0 Å². The molecule has 0 aliphatic rings. The molecule has 0 saturated heterocycles. The van der Waals surface area contributed by atoms with Crippen LogP contribution in [0.2, 0.25) is 0 Å². The van der Waals surface area contributed by atoms with E-state index in [0.717, 1.165) is 26.4 Å². The zero-order valence-corrected chi connectivity index (χ0v) is 14.7. The standard InChI is InChI=1S/C11H24O4S.C3H9N/c1-3-4-5-6-7-8-9-10-11-15-16(12,13)14-2;1-4(2)3/h3-11H2,1-2H3;1-3H3. The van der Waals surface area contributed by atoms with E-state index >= 15 is 0 Å². The van der Waals surface area contributed by atoms with Crippen molar-refractivity contribution in [1.29, 1.82) is 0 Å². The molecule has 0 atom stereocenters. The Balaban J connectivity index is 0. The van der Waals surface area contributed by atoms with Crippen LogP contribution in [0.15, 0.2) is 0 Å². The molecule has 0 bridgehead atoms. The fourth-order valence-electron chi connectivity index (χ4n) is 1.45. The average molecular weight is 311 g/mol. The van der Waals surface area contributed by atoms with Gasteiger partial charge < -0.3 is 4.90 Å². The molecule has 0 radical (unpaired) electrons. The van der Waals surface area contributed by atoms with E-state index in [9.17, 15) is 8.42 Å². The van der Waals surface area contributed by atoms with Crippen LogP contribution in [0.25, 0.3) is 0 Å². The summed E-state index contributed by atoms with van der Waals surface area (Å²) in [4.78, 5) is 2.00. The highest BCUT2D eigenvalue weighted by Gasteiger charge is 2.07. The van der Waals surface area contributed by atoms with Gasteiger partial charge in [0, 0.05) is 0 Å². The van der Waals surface area contributed by atoms with E-state index in [1.807, 2.05) is 26.0 Å². The van der Waals surface area contributed by atoms with Crippen LogP contribution in [0.1, 0.15) is 58.3 Å². The van der Waals surface area contributed by atoms with Crippen LogP contribution in [-0.2, 0) is 18.8 Å². The monoisotopic (exact) mass is 311 g/mol. The molecule has 0 fully saturated rings. The van der Waals surface area contributed by atoms with Crippen LogP contribution in [0.3, 0.4) is 0 Å². The van der Waals surface area contributed by atoms with Crippen LogP contribution in [-0.4, -0.2) is 48.2 Å². The van der Waals surface area contributed by atoms with Crippen LogP contribution in [0.4, 0.5) is 0 Å². The fraction of sp³-hybridized carbons (Fsp3) is 1.00. The Hall–Kier alpha value is -0.170. The smallest absolute Gasteiger partial charge is 0.312 e. The van der Waals surface area contributed by atoms with Gasteiger partial charge in [-0.2, -0.15) is 8.42 Å². The van der Waals surface area contributed by atoms with Gasteiger partial charge in [-0.25, -0.2) is 4.18 Å². The minimum Gasteiger partial charge on any atom is -0.312 e. The van der Waals surface area contributed by atoms with E-state index in [0.29, 0.717) is 0 Å². The molecule has 20 heavy (non-hydrogen) atoms. The lowest BCUT2D eigenvalue weighted by atomic mass is 10.1. The van der Waals surface area contributed by atoms with Gasteiger partial charge in [-0.15, -0.1) is 0 Å². The summed E-state index contributed by atoms with van der Waals surface area (Å²) in [5, 5.41) is 0. The van der Waals surface area contributed by atoms with Gasteiger partial charge in [0.1, 0.15) is 0 Å². The Morgan fingerprint density at radius 2 is 1.25 bits per heavy atom. The highest BCUT2D eigenvalue weighted by Crippen LogP contribution is 2.08. The van der Waals surface area contributed by atoms with Crippen molar-refractivity contribution in [2.24, 2.45) is 0 Å². The molecular weight excluding hydrogens is 278 g/mol. The SMILES string of the molecule is CCCCCCCCCCOS(=O)(=O)OC.CN(C)C. The zero-order chi connectivity index (χ0) is 15.9. The number of hydrogen-bond acceptors (Lipinski definition) is 5. The summed E-state index contributed by atoms with van der Waals surface area (Å²) in [6, 6.07) is 0. The summed E-state index contributed by atoms with van der Waals surface area (Å²) in [6.45, 7) is 2.43. The minimum atomic E-state index is -3.72. The molecule has 5 nitrogen and oxygen atoms in total. The quantitative estimate of drug-likeness (QED) is 0.548. The van der Waals surface area contributed by atoms with Gasteiger partial charge in [-0.05, 0) is 27.6 Å². The third-order valence-electron chi connectivity index (χ3n) is 2.43. The maximum Gasteiger partial charge on any atom is 0.399 e. The molecule has 0 amide bonds. The second-order valence-corrected chi connectivity index (χ2v) is 6.60. The topological polar surface area (TPSA) is 55.8 Å². The first kappa shape index (κ1) is 22.1. The van der Waals surface area contributed by atoms with Crippen molar-refractivity contribution in [3.63, 3.8) is 0 Å². The zero-order valence-electron chi connectivity index (χ0n) is 13.9. The maximum atomic E-state index is 10.8. The van der Waals surface area contributed by atoms with Gasteiger partial charge >= 0.3 is 10.4 Å². The van der Waals surface area contributed by atoms with Crippen molar-refractivity contribution in [3.05, 3.63) is 0 Å². The van der Waals surface area contributed by atoms with E-state index in [1.165, 1.54) is 32.1 Å². The Morgan fingerprint density at radius 1 is 0.850 bits per heavy atom. The molecule has 0 N–H and O–H groups in total. The molecule has 0 aromatic heterocycles. The van der Waals surface area contributed by atoms with Crippen molar-refractivity contribution < 1.29 is 16.8 Å². The first-order valence-corrected chi connectivity index (χ1v) is 8.75. The maximum absolute atomic E-state index is 10.8. The number of hydrogen-bond donors (Lipinski definition) is 0. The van der Waals surface area contributed by atoms with Crippen molar-refractivity contribution in [2.75, 3.05) is 34.9 Å². The first-order chi connectivity index (χ1) is 9.35. The molecule has 0 heterocycles. The van der Waals surface area contributed by atoms with E-state index in [1.54, 1.807) is 0 Å². The third-order valence-corrected chi connectivity index (χ3v) is 3.29. The van der Waals surface area contributed by atoms with Crippen LogP contribution in [0, 0.1) is 0 Å². The molecule has 0 unspecified atom stereocenters. The Bertz CT molecular complexity index is 276. The van der Waals surface area contributed by atoms with Crippen LogP contribution < -0.4 is 0 Å². The van der Waals surface area contributed by atoms with E-state index < -0.39 is 10.4 Å². The predicted octanol–water partition coefficient (Wildman–Crippen LogP) is 3.21. The molecule has 6 heteroatoms. The van der Waals surface area contributed by atoms with Crippen molar-refractivity contribution in [1.82, 2.24) is 4.90 Å². The molecule has 0 saturated carbocycles. The summed E-state index contributed by atoms with van der Waals surface area (Å²) in [5.41, 5.74) is 0. The minimum absolute atomic E-state index is 0.227. The number of rotatable bonds is 11. The van der Waals surface area contributed by atoms with Crippen LogP contribution >= 0.6 is 0 Å². The second kappa shape index (κ2) is 15.2. The number of nitrogens with zero attached hydrogens (tertiary/aromatic N) is 1. The molecule has 0 spiro atoms. The van der Waals surface area contributed by atoms with Gasteiger partial charge in [0.25, 0.3) is 0 Å². The van der Waals surface area contributed by atoms with E-state index in [2.05, 4.69) is 15.3 Å². The molecule has 0 rings (SSSR count). The second-order valence-electron chi connectivity index (χ2n) is 5.21. The molecule has 124 valence electrons. The summed E-state index contributed by atoms with van der Waals surface area (Å²) >= 11 is 0. The van der Waals surface area contributed by atoms with Gasteiger partial charge in [-0.3, -0.25) is 4.18 Å². The molecule has 0 aliphatic heterocycles. The van der Waals surface area contributed by atoms with E-state index in [-0.39, 0.29) is 6.61 Å². The van der Waals surface area contributed by atoms with Crippen molar-refractivity contribution in [2.45, 2.75) is 58.3 Å². The molecule has 0 aliphatic carbocycles. The van der Waals surface area contributed by atoms with Crippen LogP contribution in [0.5, 0.6) is 0 Å². The largest absolute Gasteiger partial charge is 0.399 e. The highest BCUT2D eigenvalue weighted by molar-refractivity contribution is 7.81. The Morgan fingerprint density at radius 3 is 1.65 bits per heavy atom. The van der Waals surface area contributed by atoms with Gasteiger partial charge in [-0.1, -0.05) is 51.9 Å². The first-order valence-electron chi connectivity index (χ1n) is 7.41. The Labute approximate surface area is 126 Å². The summed E-state index contributed by atoms with van der Waals surface area (Å²) in [5.74, 6) is 0. The summed E-state index contributed by atoms with van der Waals surface area (Å²) < 4.78 is 30.3. The van der Waals surface area contributed by atoms with Gasteiger partial charge in [0.15, 0.2) is 0 Å².